The summed E-state index contributed by atoms with van der Waals surface area (Å²) in [6, 6.07) is -0.311. The lowest BCUT2D eigenvalue weighted by molar-refractivity contribution is -0.117. The van der Waals surface area contributed by atoms with E-state index in [1.165, 1.54) is 30.6 Å². The summed E-state index contributed by atoms with van der Waals surface area (Å²) in [6.45, 7) is 3.63. The van der Waals surface area contributed by atoms with E-state index < -0.39 is 6.10 Å². The van der Waals surface area contributed by atoms with Crippen LogP contribution in [0, 0.1) is 0 Å². The van der Waals surface area contributed by atoms with Crippen molar-refractivity contribution in [3.63, 3.8) is 0 Å². The zero-order valence-corrected chi connectivity index (χ0v) is 15.3. The second-order valence-electron chi connectivity index (χ2n) is 5.82. The Morgan fingerprint density at radius 1 is 1.39 bits per heavy atom. The highest BCUT2D eigenvalue weighted by molar-refractivity contribution is 7.13. The van der Waals surface area contributed by atoms with Gasteiger partial charge < -0.3 is 15.7 Å². The number of hydrogen-bond donors (Lipinski definition) is 3. The van der Waals surface area contributed by atoms with Crippen LogP contribution in [0.5, 0.6) is 0 Å². The molecule has 3 rings (SSSR count). The van der Waals surface area contributed by atoms with E-state index in [0.29, 0.717) is 18.1 Å². The van der Waals surface area contributed by atoms with Gasteiger partial charge in [0.15, 0.2) is 5.13 Å². The number of aromatic nitrogens is 1. The number of carbonyl (C=O) groups excluding carboxylic acids is 1. The van der Waals surface area contributed by atoms with Crippen molar-refractivity contribution in [1.82, 2.24) is 15.2 Å². The molecule has 132 valence electrons. The van der Waals surface area contributed by atoms with Crippen LogP contribution >= 0.6 is 36.2 Å². The molecule has 2 atom stereocenters. The van der Waals surface area contributed by atoms with Crippen molar-refractivity contribution >= 4 is 47.2 Å². The molecule has 0 bridgehead atoms. The molecule has 1 aromatic heterocycles. The van der Waals surface area contributed by atoms with Gasteiger partial charge in [-0.05, 0) is 32.4 Å². The monoisotopic (exact) mass is 382 g/mol. The third kappa shape index (κ3) is 5.85. The second kappa shape index (κ2) is 9.76. The van der Waals surface area contributed by atoms with E-state index in [9.17, 15) is 9.90 Å². The Morgan fingerprint density at radius 2 is 2.13 bits per heavy atom. The number of rotatable bonds is 4. The topological polar surface area (TPSA) is 77.5 Å². The number of hydrogen-bond acceptors (Lipinski definition) is 6. The highest BCUT2D eigenvalue weighted by Gasteiger charge is 2.28. The van der Waals surface area contributed by atoms with Crippen LogP contribution in [0.4, 0.5) is 5.13 Å². The molecule has 0 radical (unpaired) electrons. The van der Waals surface area contributed by atoms with Gasteiger partial charge in [0.2, 0.25) is 5.91 Å². The standard InChI is InChI=1S/C14H22N4O2S.2ClH/c19-11-6-12(15-7-11)13(20)17-14-16-10(9-21-14)8-18-4-2-1-3-5-18;;/h9,11-12,15,19H,1-8H2,(H,16,17,20);2*1H/t11-,12-;;/m1../s1. The van der Waals surface area contributed by atoms with Crippen molar-refractivity contribution in [2.75, 3.05) is 25.0 Å². The van der Waals surface area contributed by atoms with Crippen molar-refractivity contribution in [2.45, 2.75) is 44.4 Å². The lowest BCUT2D eigenvalue weighted by Crippen LogP contribution is -2.35. The first kappa shape index (κ1) is 20.6. The van der Waals surface area contributed by atoms with Gasteiger partial charge in [0.1, 0.15) is 0 Å². The first-order valence-electron chi connectivity index (χ1n) is 7.60. The van der Waals surface area contributed by atoms with Crippen LogP contribution in [0.15, 0.2) is 5.38 Å². The molecular weight excluding hydrogens is 359 g/mol. The van der Waals surface area contributed by atoms with Crippen molar-refractivity contribution in [3.05, 3.63) is 11.1 Å². The average molecular weight is 383 g/mol. The van der Waals surface area contributed by atoms with E-state index in [1.807, 2.05) is 5.38 Å². The van der Waals surface area contributed by atoms with E-state index in [1.54, 1.807) is 0 Å². The number of nitrogens with one attached hydrogen (secondary N) is 2. The van der Waals surface area contributed by atoms with Gasteiger partial charge in [0, 0.05) is 18.5 Å². The smallest absolute Gasteiger partial charge is 0.243 e. The number of likely N-dealkylation sites (tertiary alicyclic amines) is 1. The molecule has 6 nitrogen and oxygen atoms in total. The summed E-state index contributed by atoms with van der Waals surface area (Å²) in [4.78, 5) is 18.9. The summed E-state index contributed by atoms with van der Waals surface area (Å²) in [5.74, 6) is -0.106. The van der Waals surface area contributed by atoms with Gasteiger partial charge in [0.25, 0.3) is 0 Å². The Bertz CT molecular complexity index is 497. The van der Waals surface area contributed by atoms with Crippen molar-refractivity contribution in [1.29, 1.82) is 0 Å². The molecule has 2 aliphatic rings. The van der Waals surface area contributed by atoms with E-state index in [0.717, 1.165) is 25.3 Å². The van der Waals surface area contributed by atoms with Crippen LogP contribution in [0.2, 0.25) is 0 Å². The minimum absolute atomic E-state index is 0. The Kier molecular flexibility index (Phi) is 8.74. The molecule has 9 heteroatoms. The van der Waals surface area contributed by atoms with E-state index in [2.05, 4.69) is 20.5 Å². The number of halogens is 2. The summed E-state index contributed by atoms with van der Waals surface area (Å²) in [6.07, 6.45) is 3.91. The predicted molar refractivity (Wildman–Crippen MR) is 96.8 cm³/mol. The summed E-state index contributed by atoms with van der Waals surface area (Å²) >= 11 is 1.47. The third-order valence-electron chi connectivity index (χ3n) is 4.04. The quantitative estimate of drug-likeness (QED) is 0.737. The van der Waals surface area contributed by atoms with Gasteiger partial charge in [-0.1, -0.05) is 6.42 Å². The first-order valence-corrected chi connectivity index (χ1v) is 8.48. The fourth-order valence-electron chi connectivity index (χ4n) is 2.89. The number of aliphatic hydroxyl groups excluding tert-OH is 1. The molecule has 0 aromatic carbocycles. The van der Waals surface area contributed by atoms with Crippen LogP contribution in [-0.2, 0) is 11.3 Å². The summed E-state index contributed by atoms with van der Waals surface area (Å²) < 4.78 is 0. The van der Waals surface area contributed by atoms with E-state index in [4.69, 9.17) is 0 Å². The van der Waals surface area contributed by atoms with Crippen LogP contribution in [0.1, 0.15) is 31.4 Å². The highest BCUT2D eigenvalue weighted by atomic mass is 35.5. The normalized spacial score (nSPS) is 24.6. The molecule has 2 saturated heterocycles. The maximum absolute atomic E-state index is 12.0. The molecule has 2 fully saturated rings. The molecule has 1 amide bonds. The fraction of sp³-hybridized carbons (Fsp3) is 0.714. The summed E-state index contributed by atoms with van der Waals surface area (Å²) in [5, 5.41) is 17.9. The number of amides is 1. The van der Waals surface area contributed by atoms with Crippen LogP contribution in [0.3, 0.4) is 0 Å². The SMILES string of the molecule is Cl.Cl.O=C(Nc1nc(CN2CCCCC2)cs1)[C@H]1C[C@@H](O)CN1. The fourth-order valence-corrected chi connectivity index (χ4v) is 3.60. The Labute approximate surface area is 152 Å². The largest absolute Gasteiger partial charge is 0.392 e. The number of piperidine rings is 1. The van der Waals surface area contributed by atoms with Gasteiger partial charge in [-0.2, -0.15) is 0 Å². The Hall–Kier alpha value is -0.440. The van der Waals surface area contributed by atoms with Crippen LogP contribution in [-0.4, -0.2) is 52.7 Å². The number of nitrogens with zero attached hydrogens (tertiary/aromatic N) is 2. The number of thiazole rings is 1. The van der Waals surface area contributed by atoms with Crippen molar-refractivity contribution < 1.29 is 9.90 Å². The minimum atomic E-state index is -0.424. The summed E-state index contributed by atoms with van der Waals surface area (Å²) in [7, 11) is 0. The molecule has 1 aromatic rings. The average Bonchev–Trinajstić information content (AvgIpc) is 3.09. The number of carbonyl (C=O) groups is 1. The maximum atomic E-state index is 12.0. The zero-order valence-electron chi connectivity index (χ0n) is 12.9. The molecule has 2 aliphatic heterocycles. The number of aliphatic hydroxyl groups is 1. The van der Waals surface area contributed by atoms with E-state index in [-0.39, 0.29) is 36.8 Å². The molecule has 0 unspecified atom stereocenters. The Morgan fingerprint density at radius 3 is 2.78 bits per heavy atom. The van der Waals surface area contributed by atoms with E-state index >= 15 is 0 Å². The first-order chi connectivity index (χ1) is 10.2. The molecule has 3 N–H and O–H groups in total. The minimum Gasteiger partial charge on any atom is -0.392 e. The lowest BCUT2D eigenvalue weighted by atomic mass is 10.1. The molecule has 0 spiro atoms. The lowest BCUT2D eigenvalue weighted by Gasteiger charge is -2.25. The molecule has 3 heterocycles. The third-order valence-corrected chi connectivity index (χ3v) is 4.85. The molecular formula is C14H24Cl2N4O2S. The summed E-state index contributed by atoms with van der Waals surface area (Å²) in [5.41, 5.74) is 1.02. The number of anilines is 1. The van der Waals surface area contributed by atoms with Gasteiger partial charge in [-0.15, -0.1) is 36.2 Å². The van der Waals surface area contributed by atoms with Gasteiger partial charge in [-0.3, -0.25) is 9.69 Å². The molecule has 23 heavy (non-hydrogen) atoms. The maximum Gasteiger partial charge on any atom is 0.243 e. The number of β-amino-alcohol motifs (C(OH)–C–C–N with tert-alkyl or cyclic N) is 1. The Balaban J connectivity index is 0.00000132. The van der Waals surface area contributed by atoms with Crippen LogP contribution < -0.4 is 10.6 Å². The van der Waals surface area contributed by atoms with Crippen molar-refractivity contribution in [3.8, 4) is 0 Å². The predicted octanol–water partition coefficient (Wildman–Crippen LogP) is 1.63. The van der Waals surface area contributed by atoms with Crippen LogP contribution in [0.25, 0.3) is 0 Å². The molecule has 0 saturated carbocycles. The molecule has 0 aliphatic carbocycles. The van der Waals surface area contributed by atoms with Gasteiger partial charge >= 0.3 is 0 Å². The highest BCUT2D eigenvalue weighted by Crippen LogP contribution is 2.19. The second-order valence-corrected chi connectivity index (χ2v) is 6.68. The zero-order chi connectivity index (χ0) is 14.7. The van der Waals surface area contributed by atoms with Gasteiger partial charge in [-0.25, -0.2) is 4.98 Å². The van der Waals surface area contributed by atoms with Gasteiger partial charge in [0.05, 0.1) is 17.8 Å². The van der Waals surface area contributed by atoms with Crippen molar-refractivity contribution in [2.24, 2.45) is 0 Å².